The molecule has 1 rings (SSSR count). The van der Waals surface area contributed by atoms with E-state index in [1.165, 1.54) is 4.90 Å². The average molecular weight is 305 g/mol. The van der Waals surface area contributed by atoms with Crippen molar-refractivity contribution in [2.75, 3.05) is 48.0 Å². The topological polar surface area (TPSA) is 103 Å². The predicted octanol–water partition coefficient (Wildman–Crippen LogP) is 0.0672. The quantitative estimate of drug-likeness (QED) is 0.435. The molecule has 0 fully saturated rings. The molecule has 0 bridgehead atoms. The maximum absolute atomic E-state index is 12.6. The highest BCUT2D eigenvalue weighted by Gasteiger charge is 2.18. The van der Waals surface area contributed by atoms with Crippen molar-refractivity contribution in [2.45, 2.75) is 20.3 Å². The normalized spacial score (nSPS) is 10.8. The molecule has 8 nitrogen and oxygen atoms in total. The summed E-state index contributed by atoms with van der Waals surface area (Å²) in [6.07, 6.45) is -2.57. The van der Waals surface area contributed by atoms with Gasteiger partial charge in [-0.05, 0) is 13.8 Å². The van der Waals surface area contributed by atoms with Crippen LogP contribution in [-0.4, -0.2) is 59.3 Å². The van der Waals surface area contributed by atoms with Crippen LogP contribution in [0.2, 0.25) is 0 Å². The van der Waals surface area contributed by atoms with Gasteiger partial charge in [0.25, 0.3) is 6.43 Å². The Labute approximate surface area is 122 Å². The molecule has 1 heterocycles. The zero-order valence-electron chi connectivity index (χ0n) is 12.1. The van der Waals surface area contributed by atoms with Crippen molar-refractivity contribution in [3.8, 4) is 0 Å². The van der Waals surface area contributed by atoms with Gasteiger partial charge in [-0.1, -0.05) is 0 Å². The molecular weight excluding hydrogens is 284 g/mol. The SMILES string of the molecule is CCN(CC)c1nc(NN)nc(N(CCO)CC(F)F)n1. The lowest BCUT2D eigenvalue weighted by atomic mass is 10.5. The Hall–Kier alpha value is -1.81. The standard InChI is InChI=1S/C11H21F2N7O/c1-3-19(4-2)10-15-9(18-14)16-11(17-10)20(5-6-21)7-8(12)13/h8,21H,3-7,14H2,1-2H3,(H,15,16,17,18). The van der Waals surface area contributed by atoms with Crippen LogP contribution in [0, 0.1) is 0 Å². The van der Waals surface area contributed by atoms with Crippen molar-refractivity contribution in [3.05, 3.63) is 0 Å². The molecule has 10 heteroatoms. The van der Waals surface area contributed by atoms with Crippen LogP contribution < -0.4 is 21.1 Å². The highest BCUT2D eigenvalue weighted by molar-refractivity contribution is 5.44. The number of hydrazine groups is 1. The number of hydrogen-bond acceptors (Lipinski definition) is 8. The molecule has 4 N–H and O–H groups in total. The van der Waals surface area contributed by atoms with Gasteiger partial charge in [0.2, 0.25) is 17.8 Å². The number of rotatable bonds is 9. The van der Waals surface area contributed by atoms with E-state index in [-0.39, 0.29) is 25.0 Å². The minimum Gasteiger partial charge on any atom is -0.395 e. The highest BCUT2D eigenvalue weighted by Crippen LogP contribution is 2.17. The van der Waals surface area contributed by atoms with Crippen LogP contribution in [0.4, 0.5) is 26.6 Å². The largest absolute Gasteiger partial charge is 0.395 e. The molecule has 21 heavy (non-hydrogen) atoms. The van der Waals surface area contributed by atoms with Crippen molar-refractivity contribution in [2.24, 2.45) is 5.84 Å². The van der Waals surface area contributed by atoms with Gasteiger partial charge in [0.05, 0.1) is 13.2 Å². The Kier molecular flexibility index (Phi) is 6.96. The summed E-state index contributed by atoms with van der Waals surface area (Å²) in [5.74, 6) is 5.78. The smallest absolute Gasteiger partial charge is 0.255 e. The lowest BCUT2D eigenvalue weighted by molar-refractivity contribution is 0.152. The Morgan fingerprint density at radius 1 is 1.14 bits per heavy atom. The van der Waals surface area contributed by atoms with E-state index >= 15 is 0 Å². The maximum Gasteiger partial charge on any atom is 0.255 e. The van der Waals surface area contributed by atoms with Crippen LogP contribution in [0.25, 0.3) is 0 Å². The number of halogens is 2. The third kappa shape index (κ3) is 4.90. The van der Waals surface area contributed by atoms with Crippen LogP contribution >= 0.6 is 0 Å². The number of nitrogens with one attached hydrogen (secondary N) is 1. The maximum atomic E-state index is 12.6. The molecular formula is C11H21F2N7O. The minimum absolute atomic E-state index is 0.00391. The predicted molar refractivity (Wildman–Crippen MR) is 76.5 cm³/mol. The highest BCUT2D eigenvalue weighted by atomic mass is 19.3. The Balaban J connectivity index is 3.15. The fourth-order valence-electron chi connectivity index (χ4n) is 1.77. The second kappa shape index (κ2) is 8.47. The molecule has 0 saturated heterocycles. The van der Waals surface area contributed by atoms with Crippen molar-refractivity contribution in [1.29, 1.82) is 0 Å². The number of aliphatic hydroxyl groups excluding tert-OH is 1. The molecule has 0 saturated carbocycles. The van der Waals surface area contributed by atoms with Crippen LogP contribution in [-0.2, 0) is 0 Å². The van der Waals surface area contributed by atoms with Crippen molar-refractivity contribution in [3.63, 3.8) is 0 Å². The van der Waals surface area contributed by atoms with Crippen molar-refractivity contribution < 1.29 is 13.9 Å². The number of nitrogens with zero attached hydrogens (tertiary/aromatic N) is 5. The fraction of sp³-hybridized carbons (Fsp3) is 0.727. The van der Waals surface area contributed by atoms with Gasteiger partial charge in [-0.3, -0.25) is 5.43 Å². The van der Waals surface area contributed by atoms with E-state index in [2.05, 4.69) is 20.4 Å². The van der Waals surface area contributed by atoms with Gasteiger partial charge in [0.1, 0.15) is 0 Å². The van der Waals surface area contributed by atoms with Crippen LogP contribution in [0.15, 0.2) is 0 Å². The van der Waals surface area contributed by atoms with Gasteiger partial charge in [-0.2, -0.15) is 15.0 Å². The monoisotopic (exact) mass is 305 g/mol. The summed E-state index contributed by atoms with van der Waals surface area (Å²) in [6, 6.07) is 0. The number of hydrogen-bond donors (Lipinski definition) is 3. The Morgan fingerprint density at radius 3 is 2.14 bits per heavy atom. The molecule has 120 valence electrons. The van der Waals surface area contributed by atoms with Gasteiger partial charge in [-0.25, -0.2) is 14.6 Å². The van der Waals surface area contributed by atoms with Gasteiger partial charge in [-0.15, -0.1) is 0 Å². The third-order valence-electron chi connectivity index (χ3n) is 2.80. The van der Waals surface area contributed by atoms with Crippen LogP contribution in [0.1, 0.15) is 13.8 Å². The summed E-state index contributed by atoms with van der Waals surface area (Å²) in [5.41, 5.74) is 2.30. The van der Waals surface area contributed by atoms with E-state index in [9.17, 15) is 8.78 Å². The van der Waals surface area contributed by atoms with Gasteiger partial charge in [0.15, 0.2) is 0 Å². The molecule has 1 aromatic heterocycles. The molecule has 0 atom stereocenters. The number of aliphatic hydroxyl groups is 1. The second-order valence-electron chi connectivity index (χ2n) is 4.14. The first-order valence-electron chi connectivity index (χ1n) is 6.67. The molecule has 0 aliphatic rings. The van der Waals surface area contributed by atoms with Crippen LogP contribution in [0.3, 0.4) is 0 Å². The van der Waals surface area contributed by atoms with E-state index in [1.807, 2.05) is 18.7 Å². The van der Waals surface area contributed by atoms with E-state index < -0.39 is 13.0 Å². The van der Waals surface area contributed by atoms with Gasteiger partial charge in [0, 0.05) is 19.6 Å². The third-order valence-corrected chi connectivity index (χ3v) is 2.80. The number of anilines is 3. The molecule has 0 unspecified atom stereocenters. The van der Waals surface area contributed by atoms with Crippen LogP contribution in [0.5, 0.6) is 0 Å². The Morgan fingerprint density at radius 2 is 1.71 bits per heavy atom. The Bertz CT molecular complexity index is 431. The number of nitrogen functional groups attached to an aromatic ring is 1. The second-order valence-corrected chi connectivity index (χ2v) is 4.14. The summed E-state index contributed by atoms with van der Waals surface area (Å²) in [5, 5.41) is 9.00. The summed E-state index contributed by atoms with van der Waals surface area (Å²) in [4.78, 5) is 15.3. The first-order chi connectivity index (χ1) is 10.0. The van der Waals surface area contributed by atoms with Crippen molar-refractivity contribution in [1.82, 2.24) is 15.0 Å². The summed E-state index contributed by atoms with van der Waals surface area (Å²) in [6.45, 7) is 4.28. The van der Waals surface area contributed by atoms with E-state index in [4.69, 9.17) is 10.9 Å². The molecule has 0 spiro atoms. The first-order valence-corrected chi connectivity index (χ1v) is 6.67. The molecule has 1 aromatic rings. The number of nitrogens with two attached hydrogens (primary N) is 1. The van der Waals surface area contributed by atoms with E-state index in [1.54, 1.807) is 0 Å². The summed E-state index contributed by atoms with van der Waals surface area (Å²) >= 11 is 0. The van der Waals surface area contributed by atoms with Gasteiger partial charge >= 0.3 is 0 Å². The molecule has 0 aromatic carbocycles. The lowest BCUT2D eigenvalue weighted by Gasteiger charge is -2.24. The first kappa shape index (κ1) is 17.2. The van der Waals surface area contributed by atoms with E-state index in [0.29, 0.717) is 19.0 Å². The number of aromatic nitrogens is 3. The molecule has 0 aliphatic carbocycles. The summed E-state index contributed by atoms with van der Waals surface area (Å²) < 4.78 is 25.2. The van der Waals surface area contributed by atoms with Gasteiger partial charge < -0.3 is 14.9 Å². The minimum atomic E-state index is -2.57. The fourth-order valence-corrected chi connectivity index (χ4v) is 1.77. The molecule has 0 amide bonds. The lowest BCUT2D eigenvalue weighted by Crippen LogP contribution is -2.34. The zero-order valence-corrected chi connectivity index (χ0v) is 12.1. The van der Waals surface area contributed by atoms with Crippen molar-refractivity contribution >= 4 is 17.8 Å². The number of alkyl halides is 2. The van der Waals surface area contributed by atoms with E-state index in [0.717, 1.165) is 0 Å². The zero-order chi connectivity index (χ0) is 15.8. The molecule has 0 radical (unpaired) electrons. The average Bonchev–Trinajstić information content (AvgIpc) is 2.47. The summed E-state index contributed by atoms with van der Waals surface area (Å²) in [7, 11) is 0. The molecule has 0 aliphatic heterocycles.